The van der Waals surface area contributed by atoms with Gasteiger partial charge in [0.05, 0.1) is 11.5 Å². The number of carbonyl (C=O) groups is 2. The minimum Gasteiger partial charge on any atom is -0.463 e. The molecule has 0 amide bonds. The minimum absolute atomic E-state index is 0.136. The highest BCUT2D eigenvalue weighted by Gasteiger charge is 2.50. The zero-order valence-corrected chi connectivity index (χ0v) is 10.5. The zero-order valence-electron chi connectivity index (χ0n) is 9.66. The molecule has 0 aromatic carbocycles. The van der Waals surface area contributed by atoms with Gasteiger partial charge in [0, 0.05) is 6.08 Å². The van der Waals surface area contributed by atoms with Crippen LogP contribution in [-0.2, 0) is 24.7 Å². The molecule has 1 aromatic heterocycles. The van der Waals surface area contributed by atoms with E-state index in [1.165, 1.54) is 23.5 Å². The van der Waals surface area contributed by atoms with Crippen molar-refractivity contribution in [3.63, 3.8) is 0 Å². The molecule has 0 fully saturated rings. The topological polar surface area (TPSA) is 72.8 Å². The van der Waals surface area contributed by atoms with Gasteiger partial charge in [0.1, 0.15) is 0 Å². The van der Waals surface area contributed by atoms with Gasteiger partial charge >= 0.3 is 11.9 Å². The maximum absolute atomic E-state index is 12.0. The first-order valence-electron chi connectivity index (χ1n) is 5.41. The standard InChI is InChI=1S/C12H12O5S/c1-2-16-11(14)12(15,9-4-3-7-18-9)8-5-6-10(13)17-8/h3-8,15H,2H2,1H3/t8-,12-/m1/s1. The van der Waals surface area contributed by atoms with E-state index in [4.69, 9.17) is 9.47 Å². The first kappa shape index (κ1) is 12.8. The first-order chi connectivity index (χ1) is 8.59. The molecule has 1 N–H and O–H groups in total. The van der Waals surface area contributed by atoms with Crippen molar-refractivity contribution in [3.05, 3.63) is 34.5 Å². The number of hydrogen-bond donors (Lipinski definition) is 1. The molecule has 0 aliphatic carbocycles. The van der Waals surface area contributed by atoms with E-state index in [0.717, 1.165) is 0 Å². The molecular weight excluding hydrogens is 256 g/mol. The lowest BCUT2D eigenvalue weighted by Crippen LogP contribution is -2.47. The maximum Gasteiger partial charge on any atom is 0.348 e. The number of ether oxygens (including phenoxy) is 2. The summed E-state index contributed by atoms with van der Waals surface area (Å²) >= 11 is 1.20. The third-order valence-corrected chi connectivity index (χ3v) is 3.54. The monoisotopic (exact) mass is 268 g/mol. The molecule has 1 aliphatic rings. The molecule has 0 saturated heterocycles. The lowest BCUT2D eigenvalue weighted by Gasteiger charge is -2.28. The molecule has 0 bridgehead atoms. The predicted molar refractivity (Wildman–Crippen MR) is 63.9 cm³/mol. The van der Waals surface area contributed by atoms with Crippen molar-refractivity contribution in [2.45, 2.75) is 18.6 Å². The van der Waals surface area contributed by atoms with Gasteiger partial charge in [-0.15, -0.1) is 11.3 Å². The highest BCUT2D eigenvalue weighted by atomic mass is 32.1. The Balaban J connectivity index is 2.37. The Morgan fingerprint density at radius 2 is 2.44 bits per heavy atom. The molecule has 6 heteroatoms. The lowest BCUT2D eigenvalue weighted by molar-refractivity contribution is -0.180. The summed E-state index contributed by atoms with van der Waals surface area (Å²) in [6.07, 6.45) is 1.49. The van der Waals surface area contributed by atoms with Crippen LogP contribution in [0.1, 0.15) is 11.8 Å². The van der Waals surface area contributed by atoms with E-state index in [-0.39, 0.29) is 6.61 Å². The van der Waals surface area contributed by atoms with Gasteiger partial charge in [-0.25, -0.2) is 9.59 Å². The van der Waals surface area contributed by atoms with Crippen molar-refractivity contribution in [2.75, 3.05) is 6.61 Å². The highest BCUT2D eigenvalue weighted by Crippen LogP contribution is 2.34. The molecule has 96 valence electrons. The van der Waals surface area contributed by atoms with Gasteiger partial charge in [0.25, 0.3) is 0 Å². The van der Waals surface area contributed by atoms with Gasteiger partial charge in [-0.2, -0.15) is 0 Å². The van der Waals surface area contributed by atoms with E-state index in [9.17, 15) is 14.7 Å². The third-order valence-electron chi connectivity index (χ3n) is 2.55. The summed E-state index contributed by atoms with van der Waals surface area (Å²) in [4.78, 5) is 23.4. The number of rotatable bonds is 4. The Labute approximate surface area is 108 Å². The van der Waals surface area contributed by atoms with E-state index < -0.39 is 23.6 Å². The van der Waals surface area contributed by atoms with Crippen molar-refractivity contribution >= 4 is 23.3 Å². The number of esters is 2. The first-order valence-corrected chi connectivity index (χ1v) is 6.29. The van der Waals surface area contributed by atoms with Crippen molar-refractivity contribution < 1.29 is 24.2 Å². The van der Waals surface area contributed by atoms with Crippen LogP contribution in [0.4, 0.5) is 0 Å². The van der Waals surface area contributed by atoms with E-state index in [1.54, 1.807) is 24.4 Å². The van der Waals surface area contributed by atoms with E-state index in [2.05, 4.69) is 0 Å². The van der Waals surface area contributed by atoms with Crippen molar-refractivity contribution in [2.24, 2.45) is 0 Å². The molecule has 1 aliphatic heterocycles. The van der Waals surface area contributed by atoms with Crippen LogP contribution < -0.4 is 0 Å². The maximum atomic E-state index is 12.0. The van der Waals surface area contributed by atoms with Crippen LogP contribution in [0.25, 0.3) is 0 Å². The van der Waals surface area contributed by atoms with Gasteiger partial charge in [-0.05, 0) is 24.4 Å². The molecule has 2 atom stereocenters. The van der Waals surface area contributed by atoms with Crippen LogP contribution in [0.5, 0.6) is 0 Å². The molecule has 0 radical (unpaired) electrons. The molecule has 0 spiro atoms. The van der Waals surface area contributed by atoms with E-state index >= 15 is 0 Å². The van der Waals surface area contributed by atoms with Crippen LogP contribution >= 0.6 is 11.3 Å². The number of cyclic esters (lactones) is 1. The highest BCUT2D eigenvalue weighted by molar-refractivity contribution is 7.10. The Morgan fingerprint density at radius 3 is 2.94 bits per heavy atom. The second kappa shape index (κ2) is 4.91. The summed E-state index contributed by atoms with van der Waals surface area (Å²) in [6, 6.07) is 3.30. The number of carbonyl (C=O) groups excluding carboxylic acids is 2. The van der Waals surface area contributed by atoms with Gasteiger partial charge in [0.2, 0.25) is 5.60 Å². The van der Waals surface area contributed by atoms with Crippen molar-refractivity contribution in [3.8, 4) is 0 Å². The van der Waals surface area contributed by atoms with Gasteiger partial charge < -0.3 is 14.6 Å². The Kier molecular flexibility index (Phi) is 3.49. The number of aliphatic hydroxyl groups is 1. The number of hydrogen-bond acceptors (Lipinski definition) is 6. The quantitative estimate of drug-likeness (QED) is 0.824. The average Bonchev–Trinajstić information content (AvgIpc) is 2.99. The second-order valence-electron chi connectivity index (χ2n) is 3.68. The smallest absolute Gasteiger partial charge is 0.348 e. The summed E-state index contributed by atoms with van der Waals surface area (Å²) in [5.41, 5.74) is -1.98. The minimum atomic E-state index is -1.98. The zero-order chi connectivity index (χ0) is 13.2. The molecule has 18 heavy (non-hydrogen) atoms. The van der Waals surface area contributed by atoms with Crippen LogP contribution in [0, 0.1) is 0 Å². The van der Waals surface area contributed by atoms with E-state index in [0.29, 0.717) is 4.88 Å². The number of thiophene rings is 1. The van der Waals surface area contributed by atoms with Gasteiger partial charge in [-0.1, -0.05) is 6.07 Å². The van der Waals surface area contributed by atoms with Crippen LogP contribution in [-0.4, -0.2) is 29.8 Å². The SMILES string of the molecule is CCOC(=O)[C@](O)(c1cccs1)[C@H]1C=CC(=O)O1. The van der Waals surface area contributed by atoms with E-state index in [1.807, 2.05) is 0 Å². The van der Waals surface area contributed by atoms with Gasteiger partial charge in [-0.3, -0.25) is 0 Å². The summed E-state index contributed by atoms with van der Waals surface area (Å²) in [7, 11) is 0. The molecule has 2 rings (SSSR count). The molecule has 2 heterocycles. The van der Waals surface area contributed by atoms with Crippen molar-refractivity contribution in [1.29, 1.82) is 0 Å². The molecule has 0 saturated carbocycles. The third kappa shape index (κ3) is 2.04. The normalized spacial score (nSPS) is 21.4. The summed E-state index contributed by atoms with van der Waals surface area (Å²) in [5, 5.41) is 12.3. The predicted octanol–water partition coefficient (Wildman–Crippen LogP) is 0.980. The molecule has 1 aromatic rings. The Hall–Kier alpha value is -1.66. The second-order valence-corrected chi connectivity index (χ2v) is 4.63. The van der Waals surface area contributed by atoms with Crippen LogP contribution in [0.2, 0.25) is 0 Å². The molecular formula is C12H12O5S. The summed E-state index contributed by atoms with van der Waals surface area (Å²) < 4.78 is 9.79. The van der Waals surface area contributed by atoms with Crippen molar-refractivity contribution in [1.82, 2.24) is 0 Å². The Morgan fingerprint density at radius 1 is 1.67 bits per heavy atom. The van der Waals surface area contributed by atoms with Crippen LogP contribution in [0.15, 0.2) is 29.7 Å². The van der Waals surface area contributed by atoms with Crippen LogP contribution in [0.3, 0.4) is 0 Å². The van der Waals surface area contributed by atoms with Gasteiger partial charge in [0.15, 0.2) is 6.10 Å². The summed E-state index contributed by atoms with van der Waals surface area (Å²) in [5.74, 6) is -1.41. The average molecular weight is 268 g/mol. The fourth-order valence-corrected chi connectivity index (χ4v) is 2.53. The fourth-order valence-electron chi connectivity index (χ4n) is 1.69. The molecule has 0 unspecified atom stereocenters. The fraction of sp³-hybridized carbons (Fsp3) is 0.333. The lowest BCUT2D eigenvalue weighted by atomic mass is 9.95. The summed E-state index contributed by atoms with van der Waals surface area (Å²) in [6.45, 7) is 1.78. The largest absolute Gasteiger partial charge is 0.463 e. The molecule has 5 nitrogen and oxygen atoms in total. The Bertz CT molecular complexity index is 479.